The highest BCUT2D eigenvalue weighted by Crippen LogP contribution is 2.08. The molecule has 1 aromatic rings. The molecule has 0 bridgehead atoms. The highest BCUT2D eigenvalue weighted by atomic mass is 16.5. The minimum absolute atomic E-state index is 0.0897. The normalized spacial score (nSPS) is 16.1. The molecule has 4 nitrogen and oxygen atoms in total. The topological polar surface area (TPSA) is 55.7 Å². The minimum atomic E-state index is -0.552. The van der Waals surface area contributed by atoms with E-state index in [1.807, 2.05) is 6.07 Å². The van der Waals surface area contributed by atoms with E-state index in [1.165, 1.54) is 0 Å². The minimum Gasteiger partial charge on any atom is -0.406 e. The van der Waals surface area contributed by atoms with E-state index >= 15 is 0 Å². The molecule has 14 heavy (non-hydrogen) atoms. The van der Waals surface area contributed by atoms with Gasteiger partial charge in [0.2, 0.25) is 5.90 Å². The third kappa shape index (κ3) is 1.69. The van der Waals surface area contributed by atoms with Gasteiger partial charge in [-0.25, -0.2) is 0 Å². The fraction of sp³-hybridized carbons (Fsp3) is 0.100. The third-order valence-corrected chi connectivity index (χ3v) is 1.75. The fourth-order valence-corrected chi connectivity index (χ4v) is 1.15. The smallest absolute Gasteiger partial charge is 0.322 e. The molecule has 0 N–H and O–H groups in total. The second-order valence-electron chi connectivity index (χ2n) is 2.83. The molecular weight excluding hydrogens is 182 g/mol. The van der Waals surface area contributed by atoms with Crippen molar-refractivity contribution in [3.63, 3.8) is 0 Å². The van der Waals surface area contributed by atoms with Gasteiger partial charge in [-0.1, -0.05) is 18.2 Å². The predicted molar refractivity (Wildman–Crippen MR) is 48.7 cm³/mol. The van der Waals surface area contributed by atoms with Crippen LogP contribution >= 0.6 is 0 Å². The Morgan fingerprint density at radius 1 is 1.14 bits per heavy atom. The van der Waals surface area contributed by atoms with E-state index in [1.54, 1.807) is 24.3 Å². The number of hydrogen-bond donors (Lipinski definition) is 0. The van der Waals surface area contributed by atoms with Crippen LogP contribution in [0.15, 0.2) is 35.3 Å². The number of nitrogens with zero attached hydrogens (tertiary/aromatic N) is 1. The highest BCUT2D eigenvalue weighted by Gasteiger charge is 2.21. The Morgan fingerprint density at radius 3 is 2.50 bits per heavy atom. The fourth-order valence-electron chi connectivity index (χ4n) is 1.15. The van der Waals surface area contributed by atoms with Gasteiger partial charge < -0.3 is 4.74 Å². The standard InChI is InChI=1S/C10H7NO3/c12-8-6-9(13)14-10(11-8)7-4-2-1-3-5-7/h1-5H,6H2. The summed E-state index contributed by atoms with van der Waals surface area (Å²) in [5.41, 5.74) is 0.633. The molecule has 4 heteroatoms. The first-order chi connectivity index (χ1) is 6.75. The van der Waals surface area contributed by atoms with Crippen LogP contribution in [-0.2, 0) is 14.3 Å². The number of carbonyl (C=O) groups excluding carboxylic acids is 2. The third-order valence-electron chi connectivity index (χ3n) is 1.75. The second-order valence-corrected chi connectivity index (χ2v) is 2.83. The van der Waals surface area contributed by atoms with Gasteiger partial charge in [-0.05, 0) is 12.1 Å². The number of carbonyl (C=O) groups is 2. The van der Waals surface area contributed by atoms with Crippen LogP contribution < -0.4 is 0 Å². The molecule has 0 saturated heterocycles. The Balaban J connectivity index is 2.35. The number of hydrogen-bond acceptors (Lipinski definition) is 3. The lowest BCUT2D eigenvalue weighted by atomic mass is 10.2. The summed E-state index contributed by atoms with van der Waals surface area (Å²) in [5.74, 6) is -0.921. The van der Waals surface area contributed by atoms with Gasteiger partial charge in [0, 0.05) is 5.56 Å². The van der Waals surface area contributed by atoms with Crippen LogP contribution in [0.2, 0.25) is 0 Å². The molecule has 1 amide bonds. The summed E-state index contributed by atoms with van der Waals surface area (Å²) in [6, 6.07) is 8.85. The van der Waals surface area contributed by atoms with Gasteiger partial charge in [0.1, 0.15) is 6.42 Å². The molecule has 1 aromatic carbocycles. The first kappa shape index (κ1) is 8.62. The lowest BCUT2D eigenvalue weighted by Gasteiger charge is -2.10. The average molecular weight is 189 g/mol. The van der Waals surface area contributed by atoms with Crippen molar-refractivity contribution in [2.75, 3.05) is 0 Å². The highest BCUT2D eigenvalue weighted by molar-refractivity contribution is 6.13. The molecule has 1 aliphatic rings. The van der Waals surface area contributed by atoms with Crippen LogP contribution in [0.5, 0.6) is 0 Å². The van der Waals surface area contributed by atoms with Gasteiger partial charge in [0.05, 0.1) is 0 Å². The number of ether oxygens (including phenoxy) is 1. The molecule has 0 unspecified atom stereocenters. The summed E-state index contributed by atoms with van der Waals surface area (Å²) in [7, 11) is 0. The van der Waals surface area contributed by atoms with E-state index < -0.39 is 11.9 Å². The van der Waals surface area contributed by atoms with Crippen LogP contribution in [0.25, 0.3) is 0 Å². The summed E-state index contributed by atoms with van der Waals surface area (Å²) < 4.78 is 4.83. The Hall–Kier alpha value is -1.97. The van der Waals surface area contributed by atoms with Gasteiger partial charge in [0.15, 0.2) is 0 Å². The molecular formula is C10H7NO3. The van der Waals surface area contributed by atoms with E-state index in [9.17, 15) is 9.59 Å². The number of rotatable bonds is 1. The van der Waals surface area contributed by atoms with Gasteiger partial charge >= 0.3 is 5.97 Å². The quantitative estimate of drug-likeness (QED) is 0.487. The summed E-state index contributed by atoms with van der Waals surface area (Å²) in [4.78, 5) is 25.5. The molecule has 0 aromatic heterocycles. The summed E-state index contributed by atoms with van der Waals surface area (Å²) >= 11 is 0. The van der Waals surface area contributed by atoms with Crippen LogP contribution in [0.4, 0.5) is 0 Å². The molecule has 0 saturated carbocycles. The molecule has 1 aliphatic heterocycles. The Morgan fingerprint density at radius 2 is 1.86 bits per heavy atom. The Kier molecular flexibility index (Phi) is 2.10. The van der Waals surface area contributed by atoms with Gasteiger partial charge in [-0.15, -0.1) is 0 Å². The van der Waals surface area contributed by atoms with E-state index in [4.69, 9.17) is 4.74 Å². The van der Waals surface area contributed by atoms with E-state index in [0.29, 0.717) is 5.56 Å². The van der Waals surface area contributed by atoms with Crippen LogP contribution in [0, 0.1) is 0 Å². The van der Waals surface area contributed by atoms with Crippen molar-refractivity contribution in [3.05, 3.63) is 35.9 Å². The molecule has 0 atom stereocenters. The maximum Gasteiger partial charge on any atom is 0.322 e. The van der Waals surface area contributed by atoms with Crippen molar-refractivity contribution < 1.29 is 14.3 Å². The van der Waals surface area contributed by atoms with Crippen molar-refractivity contribution in [2.45, 2.75) is 6.42 Å². The molecule has 0 radical (unpaired) electrons. The zero-order valence-electron chi connectivity index (χ0n) is 7.27. The molecule has 0 spiro atoms. The van der Waals surface area contributed by atoms with Crippen molar-refractivity contribution in [1.29, 1.82) is 0 Å². The molecule has 2 rings (SSSR count). The molecule has 0 fully saturated rings. The van der Waals surface area contributed by atoms with Crippen LogP contribution in [0.1, 0.15) is 12.0 Å². The molecule has 70 valence electrons. The van der Waals surface area contributed by atoms with Gasteiger partial charge in [-0.2, -0.15) is 4.99 Å². The van der Waals surface area contributed by atoms with E-state index in [-0.39, 0.29) is 12.3 Å². The first-order valence-electron chi connectivity index (χ1n) is 4.13. The van der Waals surface area contributed by atoms with Gasteiger partial charge in [0.25, 0.3) is 5.91 Å². The Bertz CT molecular complexity index is 409. The second kappa shape index (κ2) is 3.41. The zero-order chi connectivity index (χ0) is 9.97. The zero-order valence-corrected chi connectivity index (χ0v) is 7.27. The van der Waals surface area contributed by atoms with Crippen molar-refractivity contribution in [2.24, 2.45) is 4.99 Å². The van der Waals surface area contributed by atoms with Crippen molar-refractivity contribution in [3.8, 4) is 0 Å². The van der Waals surface area contributed by atoms with Crippen molar-refractivity contribution >= 4 is 17.8 Å². The lowest BCUT2D eigenvalue weighted by Crippen LogP contribution is -2.23. The van der Waals surface area contributed by atoms with Crippen molar-refractivity contribution in [1.82, 2.24) is 0 Å². The number of esters is 1. The largest absolute Gasteiger partial charge is 0.406 e. The maximum atomic E-state index is 11.0. The average Bonchev–Trinajstić information content (AvgIpc) is 2.18. The molecule has 0 aliphatic carbocycles. The SMILES string of the molecule is O=C1CC(=O)OC(c2ccccc2)=N1. The number of benzene rings is 1. The first-order valence-corrected chi connectivity index (χ1v) is 4.13. The number of aliphatic imine (C=N–C) groups is 1. The van der Waals surface area contributed by atoms with E-state index in [0.717, 1.165) is 0 Å². The monoisotopic (exact) mass is 189 g/mol. The van der Waals surface area contributed by atoms with Crippen LogP contribution in [0.3, 0.4) is 0 Å². The predicted octanol–water partition coefficient (Wildman–Crippen LogP) is 0.907. The Labute approximate surface area is 80.2 Å². The van der Waals surface area contributed by atoms with Crippen LogP contribution in [-0.4, -0.2) is 17.8 Å². The van der Waals surface area contributed by atoms with E-state index in [2.05, 4.69) is 4.99 Å². The lowest BCUT2D eigenvalue weighted by molar-refractivity contribution is -0.140. The van der Waals surface area contributed by atoms with Gasteiger partial charge in [-0.3, -0.25) is 9.59 Å². The summed E-state index contributed by atoms with van der Waals surface area (Å²) in [6.45, 7) is 0. The number of cyclic esters (lactones) is 1. The summed E-state index contributed by atoms with van der Waals surface area (Å²) in [6.07, 6.45) is -0.268. The summed E-state index contributed by atoms with van der Waals surface area (Å²) in [5, 5.41) is 0. The maximum absolute atomic E-state index is 11.0. The number of amides is 1. The molecule has 1 heterocycles.